The summed E-state index contributed by atoms with van der Waals surface area (Å²) in [5.74, 6) is 1.23. The van der Waals surface area contributed by atoms with Gasteiger partial charge in [-0.05, 0) is 49.9 Å². The second-order valence-corrected chi connectivity index (χ2v) is 5.87. The first-order chi connectivity index (χ1) is 10.7. The molecule has 0 aromatic carbocycles. The first-order valence-electron chi connectivity index (χ1n) is 7.53. The molecule has 1 saturated carbocycles. The fourth-order valence-electron chi connectivity index (χ4n) is 2.66. The summed E-state index contributed by atoms with van der Waals surface area (Å²) in [6, 6.07) is 7.47. The maximum Gasteiger partial charge on any atom is 0.253 e. The molecule has 1 aliphatic rings. The number of carbonyl (C=O) groups is 1. The van der Waals surface area contributed by atoms with E-state index in [2.05, 4.69) is 21.4 Å². The number of aromatic amines is 1. The Labute approximate surface area is 127 Å². The zero-order chi connectivity index (χ0) is 15.1. The highest BCUT2D eigenvalue weighted by atomic mass is 16.3. The molecule has 22 heavy (non-hydrogen) atoms. The van der Waals surface area contributed by atoms with Gasteiger partial charge in [-0.3, -0.25) is 4.79 Å². The van der Waals surface area contributed by atoms with Gasteiger partial charge in [-0.15, -0.1) is 0 Å². The Morgan fingerprint density at radius 1 is 1.45 bits per heavy atom. The highest BCUT2D eigenvalue weighted by Gasteiger charge is 2.25. The Morgan fingerprint density at radius 3 is 3.05 bits per heavy atom. The number of aromatic nitrogens is 2. The van der Waals surface area contributed by atoms with Crippen LogP contribution in [0.5, 0.6) is 0 Å². The van der Waals surface area contributed by atoms with Crippen LogP contribution in [0, 0.1) is 0 Å². The minimum Gasteiger partial charge on any atom is -0.467 e. The summed E-state index contributed by atoms with van der Waals surface area (Å²) in [6.07, 6.45) is 5.69. The van der Waals surface area contributed by atoms with Crippen LogP contribution in [0.15, 0.2) is 41.1 Å². The minimum atomic E-state index is -0.175. The molecule has 3 heterocycles. The topological polar surface area (TPSA) is 70.9 Å². The standard InChI is InChI=1S/C17H17N3O2/c1-10(15-3-2-6-22-15)19-17(21)13-7-12-8-14(11-4-5-11)20-16(12)18-9-13/h2-3,6-11H,4-5H2,1H3,(H,18,20)(H,19,21)/t10-/m1/s1. The summed E-state index contributed by atoms with van der Waals surface area (Å²) < 4.78 is 5.30. The lowest BCUT2D eigenvalue weighted by molar-refractivity contribution is 0.0935. The average molecular weight is 295 g/mol. The Bertz CT molecular complexity index is 816. The van der Waals surface area contributed by atoms with Crippen molar-refractivity contribution in [2.75, 3.05) is 0 Å². The molecule has 0 bridgehead atoms. The summed E-state index contributed by atoms with van der Waals surface area (Å²) in [5.41, 5.74) is 2.63. The van der Waals surface area contributed by atoms with Crippen LogP contribution in [0.1, 0.15) is 53.5 Å². The van der Waals surface area contributed by atoms with E-state index in [1.54, 1.807) is 12.5 Å². The molecule has 2 N–H and O–H groups in total. The van der Waals surface area contributed by atoms with Crippen molar-refractivity contribution in [1.82, 2.24) is 15.3 Å². The SMILES string of the molecule is C[C@@H](NC(=O)c1cnc2[nH]c(C3CC3)cc2c1)c1ccco1. The van der Waals surface area contributed by atoms with E-state index in [0.29, 0.717) is 11.5 Å². The van der Waals surface area contributed by atoms with Gasteiger partial charge in [0.1, 0.15) is 11.4 Å². The molecule has 112 valence electrons. The number of H-pyrrole nitrogens is 1. The fraction of sp³-hybridized carbons (Fsp3) is 0.294. The van der Waals surface area contributed by atoms with E-state index in [9.17, 15) is 4.79 Å². The summed E-state index contributed by atoms with van der Waals surface area (Å²) in [5, 5.41) is 3.91. The smallest absolute Gasteiger partial charge is 0.253 e. The third kappa shape index (κ3) is 2.39. The number of amides is 1. The zero-order valence-electron chi connectivity index (χ0n) is 12.3. The molecule has 0 aliphatic heterocycles. The van der Waals surface area contributed by atoms with Gasteiger partial charge in [-0.1, -0.05) is 0 Å². The number of furan rings is 1. The molecule has 1 fully saturated rings. The number of nitrogens with zero attached hydrogens (tertiary/aromatic N) is 1. The van der Waals surface area contributed by atoms with Gasteiger partial charge >= 0.3 is 0 Å². The number of carbonyl (C=O) groups excluding carboxylic acids is 1. The summed E-state index contributed by atoms with van der Waals surface area (Å²) in [4.78, 5) is 20.0. The van der Waals surface area contributed by atoms with Gasteiger partial charge in [-0.25, -0.2) is 4.98 Å². The lowest BCUT2D eigenvalue weighted by Crippen LogP contribution is -2.26. The monoisotopic (exact) mass is 295 g/mol. The molecule has 3 aromatic rings. The Kier molecular flexibility index (Phi) is 2.99. The number of rotatable bonds is 4. The van der Waals surface area contributed by atoms with E-state index in [-0.39, 0.29) is 11.9 Å². The van der Waals surface area contributed by atoms with Crippen molar-refractivity contribution in [1.29, 1.82) is 0 Å². The molecule has 0 spiro atoms. The van der Waals surface area contributed by atoms with Crippen LogP contribution in [-0.2, 0) is 0 Å². The first kappa shape index (κ1) is 13.1. The summed E-state index contributed by atoms with van der Waals surface area (Å²) >= 11 is 0. The molecule has 1 amide bonds. The van der Waals surface area contributed by atoms with Crippen molar-refractivity contribution in [3.05, 3.63) is 53.7 Å². The van der Waals surface area contributed by atoms with E-state index in [4.69, 9.17) is 4.42 Å². The molecule has 0 saturated heterocycles. The normalized spacial score (nSPS) is 15.9. The molecule has 5 heteroatoms. The summed E-state index contributed by atoms with van der Waals surface area (Å²) in [7, 11) is 0. The largest absolute Gasteiger partial charge is 0.467 e. The Balaban J connectivity index is 1.56. The van der Waals surface area contributed by atoms with Gasteiger partial charge in [0.05, 0.1) is 17.9 Å². The van der Waals surface area contributed by atoms with Crippen molar-refractivity contribution >= 4 is 16.9 Å². The lowest BCUT2D eigenvalue weighted by atomic mass is 10.2. The first-order valence-corrected chi connectivity index (χ1v) is 7.53. The van der Waals surface area contributed by atoms with Crippen molar-refractivity contribution in [3.8, 4) is 0 Å². The summed E-state index contributed by atoms with van der Waals surface area (Å²) in [6.45, 7) is 1.89. The van der Waals surface area contributed by atoms with Crippen LogP contribution in [0.3, 0.4) is 0 Å². The highest BCUT2D eigenvalue weighted by Crippen LogP contribution is 2.40. The maximum absolute atomic E-state index is 12.3. The van der Waals surface area contributed by atoms with E-state index in [0.717, 1.165) is 16.8 Å². The number of hydrogen-bond donors (Lipinski definition) is 2. The van der Waals surface area contributed by atoms with Crippen molar-refractivity contribution in [2.45, 2.75) is 31.7 Å². The number of nitrogens with one attached hydrogen (secondary N) is 2. The fourth-order valence-corrected chi connectivity index (χ4v) is 2.66. The zero-order valence-corrected chi connectivity index (χ0v) is 12.3. The Morgan fingerprint density at radius 2 is 2.32 bits per heavy atom. The maximum atomic E-state index is 12.3. The number of fused-ring (bicyclic) bond motifs is 1. The van der Waals surface area contributed by atoms with Crippen molar-refractivity contribution < 1.29 is 9.21 Å². The molecule has 4 rings (SSSR count). The number of pyridine rings is 1. The molecule has 1 atom stereocenters. The highest BCUT2D eigenvalue weighted by molar-refractivity contribution is 5.97. The van der Waals surface area contributed by atoms with E-state index in [1.807, 2.05) is 25.1 Å². The predicted octanol–water partition coefficient (Wildman–Crippen LogP) is 3.52. The van der Waals surface area contributed by atoms with Gasteiger partial charge in [-0.2, -0.15) is 0 Å². The molecule has 5 nitrogen and oxygen atoms in total. The van der Waals surface area contributed by atoms with Gasteiger partial charge in [0, 0.05) is 17.3 Å². The lowest BCUT2D eigenvalue weighted by Gasteiger charge is -2.11. The van der Waals surface area contributed by atoms with E-state index in [1.165, 1.54) is 18.5 Å². The molecule has 0 radical (unpaired) electrons. The molecular weight excluding hydrogens is 278 g/mol. The second kappa shape index (κ2) is 5.02. The molecule has 1 aliphatic carbocycles. The van der Waals surface area contributed by atoms with Crippen LogP contribution in [0.2, 0.25) is 0 Å². The quantitative estimate of drug-likeness (QED) is 0.773. The van der Waals surface area contributed by atoms with Crippen LogP contribution in [0.25, 0.3) is 11.0 Å². The minimum absolute atomic E-state index is 0.146. The predicted molar refractivity (Wildman–Crippen MR) is 82.7 cm³/mol. The third-order valence-corrected chi connectivity index (χ3v) is 4.09. The van der Waals surface area contributed by atoms with Crippen molar-refractivity contribution in [2.24, 2.45) is 0 Å². The van der Waals surface area contributed by atoms with E-state index < -0.39 is 0 Å². The average Bonchev–Trinajstić information content (AvgIpc) is 3.06. The molecule has 0 unspecified atom stereocenters. The van der Waals surface area contributed by atoms with Crippen LogP contribution >= 0.6 is 0 Å². The van der Waals surface area contributed by atoms with Crippen LogP contribution in [0.4, 0.5) is 0 Å². The Hall–Kier alpha value is -2.56. The van der Waals surface area contributed by atoms with Gasteiger partial charge in [0.15, 0.2) is 0 Å². The van der Waals surface area contributed by atoms with Crippen LogP contribution < -0.4 is 5.32 Å². The van der Waals surface area contributed by atoms with Gasteiger partial charge < -0.3 is 14.7 Å². The van der Waals surface area contributed by atoms with Gasteiger partial charge in [0.2, 0.25) is 0 Å². The molecule has 3 aromatic heterocycles. The third-order valence-electron chi connectivity index (χ3n) is 4.09. The molecular formula is C17H17N3O2. The van der Waals surface area contributed by atoms with E-state index >= 15 is 0 Å². The number of hydrogen-bond acceptors (Lipinski definition) is 3. The second-order valence-electron chi connectivity index (χ2n) is 5.87. The van der Waals surface area contributed by atoms with Crippen molar-refractivity contribution in [3.63, 3.8) is 0 Å². The van der Waals surface area contributed by atoms with Gasteiger partial charge in [0.25, 0.3) is 5.91 Å². The van der Waals surface area contributed by atoms with Crippen LogP contribution in [-0.4, -0.2) is 15.9 Å².